The number of ether oxygens (including phenoxy) is 2. The maximum atomic E-state index is 13.0. The number of nitrogens with zero attached hydrogens (tertiary/aromatic N) is 2. The third-order valence-corrected chi connectivity index (χ3v) is 3.39. The number of hydrogen-bond acceptors (Lipinski definition) is 5. The normalized spacial score (nSPS) is 11.4. The van der Waals surface area contributed by atoms with Crippen LogP contribution in [0.2, 0.25) is 0 Å². The third kappa shape index (κ3) is 6.20. The summed E-state index contributed by atoms with van der Waals surface area (Å²) in [5, 5.41) is 4.73. The molecule has 2 aromatic rings. The summed E-state index contributed by atoms with van der Waals surface area (Å²) in [5.41, 5.74) is -0.424. The first kappa shape index (κ1) is 21.1. The molecular formula is C19H17F3N2O4. The van der Waals surface area contributed by atoms with E-state index in [0.29, 0.717) is 5.56 Å². The molecule has 0 radical (unpaired) electrons. The van der Waals surface area contributed by atoms with Crippen LogP contribution < -0.4 is 5.01 Å². The van der Waals surface area contributed by atoms with Crippen LogP contribution in [-0.2, 0) is 25.2 Å². The van der Waals surface area contributed by atoms with E-state index in [1.165, 1.54) is 19.4 Å². The Bertz CT molecular complexity index is 839. The lowest BCUT2D eigenvalue weighted by molar-refractivity contribution is -0.151. The van der Waals surface area contributed by atoms with Crippen LogP contribution in [0.3, 0.4) is 0 Å². The van der Waals surface area contributed by atoms with E-state index >= 15 is 0 Å². The lowest BCUT2D eigenvalue weighted by Crippen LogP contribution is -2.31. The van der Waals surface area contributed by atoms with E-state index in [2.05, 4.69) is 9.84 Å². The Morgan fingerprint density at radius 3 is 2.43 bits per heavy atom. The van der Waals surface area contributed by atoms with Crippen LogP contribution in [0.4, 0.5) is 18.9 Å². The molecule has 28 heavy (non-hydrogen) atoms. The van der Waals surface area contributed by atoms with E-state index in [4.69, 9.17) is 4.74 Å². The number of carbonyl (C=O) groups excluding carboxylic acids is 2. The minimum Gasteiger partial charge on any atom is -0.454 e. The largest absolute Gasteiger partial charge is 0.454 e. The monoisotopic (exact) mass is 394 g/mol. The first-order valence-corrected chi connectivity index (χ1v) is 8.05. The highest BCUT2D eigenvalue weighted by atomic mass is 19.4. The minimum atomic E-state index is -4.58. The number of methoxy groups -OCH3 is 1. The van der Waals surface area contributed by atoms with E-state index in [-0.39, 0.29) is 12.3 Å². The van der Waals surface area contributed by atoms with Crippen LogP contribution in [0.5, 0.6) is 0 Å². The summed E-state index contributed by atoms with van der Waals surface area (Å²) >= 11 is 0. The molecule has 6 nitrogen and oxygen atoms in total. The molecule has 0 saturated heterocycles. The van der Waals surface area contributed by atoms with Crippen LogP contribution >= 0.6 is 0 Å². The maximum Gasteiger partial charge on any atom is 0.416 e. The van der Waals surface area contributed by atoms with Crippen molar-refractivity contribution in [3.05, 3.63) is 65.7 Å². The summed E-state index contributed by atoms with van der Waals surface area (Å²) in [7, 11) is 1.28. The molecule has 0 heterocycles. The summed E-state index contributed by atoms with van der Waals surface area (Å²) in [5.74, 6) is -1.61. The molecule has 0 aliphatic carbocycles. The SMILES string of the molecule is COCC(=O)OCC(=O)N(/N=C\c1ccccc1)c1cccc(C(F)(F)F)c1. The van der Waals surface area contributed by atoms with Crippen molar-refractivity contribution in [3.8, 4) is 0 Å². The number of benzene rings is 2. The van der Waals surface area contributed by atoms with Crippen molar-refractivity contribution in [2.75, 3.05) is 25.3 Å². The van der Waals surface area contributed by atoms with Crippen molar-refractivity contribution in [2.45, 2.75) is 6.18 Å². The molecule has 0 aliphatic rings. The molecule has 2 aromatic carbocycles. The van der Waals surface area contributed by atoms with Crippen molar-refractivity contribution in [3.63, 3.8) is 0 Å². The second-order valence-electron chi connectivity index (χ2n) is 5.50. The van der Waals surface area contributed by atoms with E-state index in [0.717, 1.165) is 23.2 Å². The average Bonchev–Trinajstić information content (AvgIpc) is 2.67. The quantitative estimate of drug-likeness (QED) is 0.411. The summed E-state index contributed by atoms with van der Waals surface area (Å²) in [6, 6.07) is 12.8. The lowest BCUT2D eigenvalue weighted by Gasteiger charge is -2.18. The molecular weight excluding hydrogens is 377 g/mol. The van der Waals surface area contributed by atoms with Gasteiger partial charge in [-0.05, 0) is 23.8 Å². The van der Waals surface area contributed by atoms with Gasteiger partial charge < -0.3 is 9.47 Å². The maximum absolute atomic E-state index is 13.0. The second kappa shape index (κ2) is 9.65. The molecule has 0 fully saturated rings. The summed E-state index contributed by atoms with van der Waals surface area (Å²) < 4.78 is 48.3. The minimum absolute atomic E-state index is 0.116. The van der Waals surface area contributed by atoms with Gasteiger partial charge in [0.25, 0.3) is 5.91 Å². The first-order chi connectivity index (χ1) is 13.3. The third-order valence-electron chi connectivity index (χ3n) is 3.39. The molecule has 0 aromatic heterocycles. The highest BCUT2D eigenvalue weighted by molar-refractivity contribution is 5.96. The van der Waals surface area contributed by atoms with Crippen molar-refractivity contribution in [1.82, 2.24) is 0 Å². The predicted octanol–water partition coefficient (Wildman–Crippen LogP) is 3.26. The molecule has 1 amide bonds. The van der Waals surface area contributed by atoms with Gasteiger partial charge in [-0.2, -0.15) is 23.3 Å². The fourth-order valence-corrected chi connectivity index (χ4v) is 2.12. The van der Waals surface area contributed by atoms with E-state index in [1.54, 1.807) is 30.3 Å². The van der Waals surface area contributed by atoms with Crippen LogP contribution in [-0.4, -0.2) is 38.4 Å². The topological polar surface area (TPSA) is 68.2 Å². The van der Waals surface area contributed by atoms with Gasteiger partial charge in [-0.1, -0.05) is 36.4 Å². The van der Waals surface area contributed by atoms with E-state index < -0.39 is 30.2 Å². The average molecular weight is 394 g/mol. The number of anilines is 1. The number of carbonyl (C=O) groups is 2. The molecule has 0 bridgehead atoms. The standard InChI is InChI=1S/C19H17F3N2O4/c1-27-13-18(26)28-12-17(25)24(23-11-14-6-3-2-4-7-14)16-9-5-8-15(10-16)19(20,21)22/h2-11H,12-13H2,1H3/b23-11-. The Labute approximate surface area is 159 Å². The molecule has 0 N–H and O–H groups in total. The summed E-state index contributed by atoms with van der Waals surface area (Å²) in [6.45, 7) is -1.06. The Morgan fingerprint density at radius 2 is 1.79 bits per heavy atom. The molecule has 148 valence electrons. The van der Waals surface area contributed by atoms with Crippen LogP contribution in [0.25, 0.3) is 0 Å². The number of hydrogen-bond donors (Lipinski definition) is 0. The molecule has 0 atom stereocenters. The van der Waals surface area contributed by atoms with Crippen LogP contribution in [0.1, 0.15) is 11.1 Å². The van der Waals surface area contributed by atoms with Gasteiger partial charge in [0.05, 0.1) is 17.5 Å². The fourth-order valence-electron chi connectivity index (χ4n) is 2.12. The lowest BCUT2D eigenvalue weighted by atomic mass is 10.2. The number of halogens is 3. The smallest absolute Gasteiger partial charge is 0.416 e. The van der Waals surface area contributed by atoms with Gasteiger partial charge in [0.15, 0.2) is 6.61 Å². The highest BCUT2D eigenvalue weighted by Crippen LogP contribution is 2.31. The molecule has 9 heteroatoms. The first-order valence-electron chi connectivity index (χ1n) is 8.05. The molecule has 0 saturated carbocycles. The Morgan fingerprint density at radius 1 is 1.07 bits per heavy atom. The van der Waals surface area contributed by atoms with E-state index in [1.807, 2.05) is 0 Å². The molecule has 0 unspecified atom stereocenters. The summed E-state index contributed by atoms with van der Waals surface area (Å²) in [6.07, 6.45) is -3.27. The number of alkyl halides is 3. The molecule has 0 spiro atoms. The van der Waals surface area contributed by atoms with Gasteiger partial charge in [-0.15, -0.1) is 0 Å². The summed E-state index contributed by atoms with van der Waals surface area (Å²) in [4.78, 5) is 23.8. The van der Waals surface area contributed by atoms with E-state index in [9.17, 15) is 22.8 Å². The zero-order valence-corrected chi connectivity index (χ0v) is 14.8. The zero-order valence-electron chi connectivity index (χ0n) is 14.8. The predicted molar refractivity (Wildman–Crippen MR) is 95.8 cm³/mol. The van der Waals surface area contributed by atoms with Gasteiger partial charge >= 0.3 is 12.1 Å². The Hall–Kier alpha value is -3.20. The van der Waals surface area contributed by atoms with Gasteiger partial charge in [0, 0.05) is 7.11 Å². The number of hydrazone groups is 1. The van der Waals surface area contributed by atoms with Gasteiger partial charge in [0.1, 0.15) is 6.61 Å². The number of amides is 1. The Kier molecular flexibility index (Phi) is 7.28. The van der Waals surface area contributed by atoms with Gasteiger partial charge in [-0.3, -0.25) is 4.79 Å². The number of rotatable bonds is 7. The van der Waals surface area contributed by atoms with Crippen LogP contribution in [0.15, 0.2) is 59.7 Å². The van der Waals surface area contributed by atoms with Crippen molar-refractivity contribution in [1.29, 1.82) is 0 Å². The number of esters is 1. The molecule has 0 aliphatic heterocycles. The van der Waals surface area contributed by atoms with Crippen molar-refractivity contribution in [2.24, 2.45) is 5.10 Å². The van der Waals surface area contributed by atoms with Crippen LogP contribution in [0, 0.1) is 0 Å². The van der Waals surface area contributed by atoms with Crippen molar-refractivity contribution < 1.29 is 32.2 Å². The fraction of sp³-hybridized carbons (Fsp3) is 0.211. The molecule has 2 rings (SSSR count). The Balaban J connectivity index is 2.29. The highest BCUT2D eigenvalue weighted by Gasteiger charge is 2.31. The van der Waals surface area contributed by atoms with Gasteiger partial charge in [-0.25, -0.2) is 4.79 Å². The second-order valence-corrected chi connectivity index (χ2v) is 5.50. The van der Waals surface area contributed by atoms with Gasteiger partial charge in [0.2, 0.25) is 0 Å². The van der Waals surface area contributed by atoms with Crippen molar-refractivity contribution >= 4 is 23.8 Å². The zero-order chi connectivity index (χ0) is 20.6.